The van der Waals surface area contributed by atoms with Gasteiger partial charge in [-0.15, -0.1) is 11.3 Å². The van der Waals surface area contributed by atoms with Crippen LogP contribution in [-0.2, 0) is 9.84 Å². The third-order valence-corrected chi connectivity index (χ3v) is 7.18. The van der Waals surface area contributed by atoms with Crippen LogP contribution in [0.15, 0.2) is 37.4 Å². The molecule has 0 unspecified atom stereocenters. The molecule has 2 aromatic rings. The number of hydrogen-bond acceptors (Lipinski definition) is 4. The van der Waals surface area contributed by atoms with E-state index >= 15 is 0 Å². The number of nitrogens with one attached hydrogen (secondary N) is 1. The predicted octanol–water partition coefficient (Wildman–Crippen LogP) is 4.58. The highest BCUT2D eigenvalue weighted by atomic mass is 79.9. The number of anilines is 1. The zero-order valence-corrected chi connectivity index (χ0v) is 16.0. The van der Waals surface area contributed by atoms with Crippen LogP contribution in [0.3, 0.4) is 0 Å². The molecule has 1 N–H and O–H groups in total. The van der Waals surface area contributed by atoms with E-state index in [1.165, 1.54) is 29.5 Å². The van der Waals surface area contributed by atoms with Gasteiger partial charge in [-0.25, -0.2) is 8.42 Å². The number of halogens is 3. The summed E-state index contributed by atoms with van der Waals surface area (Å²) >= 11 is 13.9. The second-order valence-corrected chi connectivity index (χ2v) is 9.75. The van der Waals surface area contributed by atoms with Gasteiger partial charge in [-0.3, -0.25) is 4.79 Å². The molecule has 0 saturated carbocycles. The van der Waals surface area contributed by atoms with Gasteiger partial charge < -0.3 is 5.32 Å². The van der Waals surface area contributed by atoms with E-state index in [9.17, 15) is 13.2 Å². The lowest BCUT2D eigenvalue weighted by molar-refractivity contribution is 0.103. The molecule has 0 atom stereocenters. The number of benzene rings is 1. The first-order valence-electron chi connectivity index (χ1n) is 5.44. The summed E-state index contributed by atoms with van der Waals surface area (Å²) in [5.41, 5.74) is 0.255. The molecule has 2 rings (SSSR count). The van der Waals surface area contributed by atoms with Gasteiger partial charge in [0.15, 0.2) is 9.84 Å². The third kappa shape index (κ3) is 4.07. The Morgan fingerprint density at radius 2 is 1.95 bits per heavy atom. The highest BCUT2D eigenvalue weighted by Gasteiger charge is 2.15. The normalized spacial score (nSPS) is 11.4. The summed E-state index contributed by atoms with van der Waals surface area (Å²) in [5, 5.41) is 2.88. The predicted molar refractivity (Wildman–Crippen MR) is 92.2 cm³/mol. The Labute approximate surface area is 147 Å². The van der Waals surface area contributed by atoms with Crippen LogP contribution in [0, 0.1) is 0 Å². The maximum atomic E-state index is 12.1. The zero-order chi connectivity index (χ0) is 15.8. The van der Waals surface area contributed by atoms with Gasteiger partial charge in [0.1, 0.15) is 0 Å². The molecular weight excluding hydrogens is 466 g/mol. The number of rotatable bonds is 3. The molecule has 0 fully saturated rings. The summed E-state index contributed by atoms with van der Waals surface area (Å²) in [6.07, 6.45) is 1.09. The van der Waals surface area contributed by atoms with Crippen molar-refractivity contribution in [3.05, 3.63) is 42.4 Å². The van der Waals surface area contributed by atoms with Gasteiger partial charge in [0.05, 0.1) is 24.3 Å². The molecule has 0 aliphatic rings. The van der Waals surface area contributed by atoms with Gasteiger partial charge in [0, 0.05) is 10.7 Å². The van der Waals surface area contributed by atoms with Crippen molar-refractivity contribution in [2.45, 2.75) is 4.90 Å². The Morgan fingerprint density at radius 3 is 2.48 bits per heavy atom. The first kappa shape index (κ1) is 17.0. The molecule has 0 aliphatic carbocycles. The van der Waals surface area contributed by atoms with Gasteiger partial charge in [-0.1, -0.05) is 11.6 Å². The number of thiophene rings is 1. The average Bonchev–Trinajstić information content (AvgIpc) is 2.71. The molecule has 1 amide bonds. The van der Waals surface area contributed by atoms with Gasteiger partial charge >= 0.3 is 0 Å². The second-order valence-electron chi connectivity index (χ2n) is 4.10. The summed E-state index contributed by atoms with van der Waals surface area (Å²) in [6, 6.07) is 5.84. The van der Waals surface area contributed by atoms with Crippen LogP contribution in [-0.4, -0.2) is 20.6 Å². The molecule has 0 saturated heterocycles. The first-order valence-corrected chi connectivity index (χ1v) is 10.1. The van der Waals surface area contributed by atoms with Gasteiger partial charge in [-0.05, 0) is 56.1 Å². The van der Waals surface area contributed by atoms with Crippen LogP contribution < -0.4 is 5.32 Å². The van der Waals surface area contributed by atoms with Gasteiger partial charge in [-0.2, -0.15) is 0 Å². The van der Waals surface area contributed by atoms with Crippen molar-refractivity contribution in [3.8, 4) is 0 Å². The van der Waals surface area contributed by atoms with E-state index in [4.69, 9.17) is 11.6 Å². The summed E-state index contributed by atoms with van der Waals surface area (Å²) < 4.78 is 24.6. The summed E-state index contributed by atoms with van der Waals surface area (Å²) in [4.78, 5) is 12.7. The van der Waals surface area contributed by atoms with E-state index in [-0.39, 0.29) is 21.5 Å². The van der Waals surface area contributed by atoms with Crippen molar-refractivity contribution in [2.24, 2.45) is 0 Å². The molecule has 0 radical (unpaired) electrons. The molecular formula is C12H8Br2ClNO3S2. The van der Waals surface area contributed by atoms with Crippen molar-refractivity contribution in [1.82, 2.24) is 0 Å². The van der Waals surface area contributed by atoms with Crippen LogP contribution in [0.2, 0.25) is 5.02 Å². The third-order valence-electron chi connectivity index (χ3n) is 2.48. The van der Waals surface area contributed by atoms with Crippen LogP contribution in [0.1, 0.15) is 9.67 Å². The smallest absolute Gasteiger partial charge is 0.265 e. The lowest BCUT2D eigenvalue weighted by Crippen LogP contribution is -2.11. The first-order chi connectivity index (χ1) is 9.68. The number of carbonyl (C=O) groups excluding carboxylic acids is 1. The molecule has 1 heterocycles. The van der Waals surface area contributed by atoms with Crippen molar-refractivity contribution in [3.63, 3.8) is 0 Å². The Balaban J connectivity index is 2.33. The molecule has 1 aromatic heterocycles. The fraction of sp³-hybridized carbons (Fsp3) is 0.0833. The molecule has 4 nitrogen and oxygen atoms in total. The van der Waals surface area contributed by atoms with E-state index < -0.39 is 9.84 Å². The van der Waals surface area contributed by atoms with E-state index in [1.54, 1.807) is 6.07 Å². The van der Waals surface area contributed by atoms with Crippen molar-refractivity contribution in [1.29, 1.82) is 0 Å². The Kier molecular flexibility index (Phi) is 5.15. The van der Waals surface area contributed by atoms with Crippen LogP contribution in [0.25, 0.3) is 0 Å². The highest BCUT2D eigenvalue weighted by Crippen LogP contribution is 2.33. The quantitative estimate of drug-likeness (QED) is 0.710. The van der Waals surface area contributed by atoms with E-state index in [2.05, 4.69) is 37.2 Å². The number of amides is 1. The Hall–Kier alpha value is -0.410. The fourth-order valence-corrected chi connectivity index (χ4v) is 4.22. The fourth-order valence-electron chi connectivity index (χ4n) is 1.47. The molecule has 0 spiro atoms. The van der Waals surface area contributed by atoms with Gasteiger partial charge in [0.25, 0.3) is 5.91 Å². The Morgan fingerprint density at radius 1 is 1.29 bits per heavy atom. The maximum absolute atomic E-state index is 12.1. The topological polar surface area (TPSA) is 63.2 Å². The number of hydrogen-bond donors (Lipinski definition) is 1. The van der Waals surface area contributed by atoms with Crippen molar-refractivity contribution < 1.29 is 13.2 Å². The zero-order valence-electron chi connectivity index (χ0n) is 10.5. The second kappa shape index (κ2) is 6.37. The average molecular weight is 474 g/mol. The molecule has 0 bridgehead atoms. The Bertz CT molecular complexity index is 798. The minimum atomic E-state index is -3.37. The monoisotopic (exact) mass is 471 g/mol. The summed E-state index contributed by atoms with van der Waals surface area (Å²) in [7, 11) is -3.37. The number of sulfone groups is 1. The largest absolute Gasteiger partial charge is 0.320 e. The SMILES string of the molecule is CS(=O)(=O)c1ccc(Cl)c(NC(=O)c2cc(Br)c(Br)s2)c1. The minimum absolute atomic E-state index is 0.0933. The van der Waals surface area contributed by atoms with Crippen molar-refractivity contribution in [2.75, 3.05) is 11.6 Å². The van der Waals surface area contributed by atoms with Crippen LogP contribution in [0.4, 0.5) is 5.69 Å². The van der Waals surface area contributed by atoms with Gasteiger partial charge in [0.2, 0.25) is 0 Å². The molecule has 112 valence electrons. The maximum Gasteiger partial charge on any atom is 0.265 e. The molecule has 0 aliphatic heterocycles. The molecule has 1 aromatic carbocycles. The van der Waals surface area contributed by atoms with Crippen LogP contribution in [0.5, 0.6) is 0 Å². The standard InChI is InChI=1S/C12H8Br2ClNO3S2/c1-21(18,19)6-2-3-8(15)9(4-6)16-12(17)10-5-7(13)11(14)20-10/h2-5H,1H3,(H,16,17). The lowest BCUT2D eigenvalue weighted by atomic mass is 10.3. The van der Waals surface area contributed by atoms with E-state index in [0.29, 0.717) is 4.88 Å². The number of carbonyl (C=O) groups is 1. The van der Waals surface area contributed by atoms with E-state index in [1.807, 2.05) is 0 Å². The molecule has 9 heteroatoms. The van der Waals surface area contributed by atoms with Crippen LogP contribution >= 0.6 is 54.8 Å². The molecule has 21 heavy (non-hydrogen) atoms. The minimum Gasteiger partial charge on any atom is -0.320 e. The highest BCUT2D eigenvalue weighted by molar-refractivity contribution is 9.13. The van der Waals surface area contributed by atoms with E-state index in [0.717, 1.165) is 14.5 Å². The summed E-state index contributed by atoms with van der Waals surface area (Å²) in [6.45, 7) is 0. The lowest BCUT2D eigenvalue weighted by Gasteiger charge is -2.08. The summed E-state index contributed by atoms with van der Waals surface area (Å²) in [5.74, 6) is -0.362. The van der Waals surface area contributed by atoms with Crippen molar-refractivity contribution >= 4 is 76.2 Å².